The van der Waals surface area contributed by atoms with Crippen LogP contribution in [0.25, 0.3) is 0 Å². The average Bonchev–Trinajstić information content (AvgIpc) is 2.78. The van der Waals surface area contributed by atoms with E-state index in [4.69, 9.17) is 4.74 Å². The van der Waals surface area contributed by atoms with Gasteiger partial charge in [-0.3, -0.25) is 4.79 Å². The van der Waals surface area contributed by atoms with E-state index in [0.717, 1.165) is 11.4 Å². The van der Waals surface area contributed by atoms with Gasteiger partial charge in [-0.25, -0.2) is 4.98 Å². The summed E-state index contributed by atoms with van der Waals surface area (Å²) in [6, 6.07) is -0.0257. The lowest BCUT2D eigenvalue weighted by Gasteiger charge is -2.26. The zero-order valence-corrected chi connectivity index (χ0v) is 11.6. The average molecular weight is 256 g/mol. The molecule has 0 aromatic carbocycles. The highest BCUT2D eigenvalue weighted by atomic mass is 32.1. The summed E-state index contributed by atoms with van der Waals surface area (Å²) in [6.45, 7) is 7.99. The van der Waals surface area contributed by atoms with E-state index in [1.807, 2.05) is 19.2 Å². The molecular weight excluding hydrogens is 236 g/mol. The molecule has 96 valence electrons. The third kappa shape index (κ3) is 3.78. The van der Waals surface area contributed by atoms with Crippen LogP contribution >= 0.6 is 11.3 Å². The molecule has 0 aliphatic heterocycles. The first-order chi connectivity index (χ1) is 8.01. The molecule has 0 fully saturated rings. The minimum Gasteiger partial charge on any atom is -0.366 e. The van der Waals surface area contributed by atoms with Crippen molar-refractivity contribution in [3.05, 3.63) is 16.6 Å². The van der Waals surface area contributed by atoms with Gasteiger partial charge in [-0.1, -0.05) is 6.92 Å². The topological polar surface area (TPSA) is 51.2 Å². The Morgan fingerprint density at radius 1 is 1.59 bits per heavy atom. The van der Waals surface area contributed by atoms with Crippen molar-refractivity contribution in [2.45, 2.75) is 45.8 Å². The van der Waals surface area contributed by atoms with Crippen molar-refractivity contribution in [2.75, 3.05) is 6.61 Å². The van der Waals surface area contributed by atoms with Crippen molar-refractivity contribution in [1.29, 1.82) is 0 Å². The first kappa shape index (κ1) is 14.1. The second-order valence-corrected chi connectivity index (χ2v) is 5.17. The molecule has 17 heavy (non-hydrogen) atoms. The van der Waals surface area contributed by atoms with E-state index in [9.17, 15) is 4.79 Å². The molecule has 0 spiro atoms. The second kappa shape index (κ2) is 6.12. The zero-order chi connectivity index (χ0) is 12.9. The summed E-state index contributed by atoms with van der Waals surface area (Å²) in [4.78, 5) is 16.3. The first-order valence-electron chi connectivity index (χ1n) is 5.85. The molecule has 5 heteroatoms. The van der Waals surface area contributed by atoms with Crippen molar-refractivity contribution in [1.82, 2.24) is 10.3 Å². The summed E-state index contributed by atoms with van der Waals surface area (Å²) in [5, 5.41) is 5.83. The van der Waals surface area contributed by atoms with Gasteiger partial charge in [0.15, 0.2) is 0 Å². The van der Waals surface area contributed by atoms with Gasteiger partial charge in [0.25, 0.3) is 5.91 Å². The summed E-state index contributed by atoms with van der Waals surface area (Å²) in [6.07, 6.45) is 2.57. The van der Waals surface area contributed by atoms with Gasteiger partial charge in [0, 0.05) is 18.2 Å². The summed E-state index contributed by atoms with van der Waals surface area (Å²) >= 11 is 1.55. The van der Waals surface area contributed by atoms with Crippen LogP contribution in [-0.2, 0) is 9.53 Å². The van der Waals surface area contributed by atoms with Crippen molar-refractivity contribution < 1.29 is 9.53 Å². The molecule has 1 rings (SSSR count). The second-order valence-electron chi connectivity index (χ2n) is 4.25. The molecular formula is C12H20N2O2S. The number of carbonyl (C=O) groups is 1. The van der Waals surface area contributed by atoms with E-state index in [1.165, 1.54) is 0 Å². The number of rotatable bonds is 6. The van der Waals surface area contributed by atoms with Crippen LogP contribution < -0.4 is 5.32 Å². The van der Waals surface area contributed by atoms with Crippen LogP contribution in [0.4, 0.5) is 0 Å². The molecule has 0 radical (unpaired) electrons. The first-order valence-corrected chi connectivity index (χ1v) is 6.73. The van der Waals surface area contributed by atoms with Crippen LogP contribution in [-0.4, -0.2) is 23.1 Å². The van der Waals surface area contributed by atoms with Crippen LogP contribution in [0.1, 0.15) is 45.2 Å². The van der Waals surface area contributed by atoms with Crippen molar-refractivity contribution in [2.24, 2.45) is 0 Å². The highest BCUT2D eigenvalue weighted by Gasteiger charge is 2.30. The van der Waals surface area contributed by atoms with Gasteiger partial charge in [-0.15, -0.1) is 11.3 Å². The minimum atomic E-state index is -0.792. The standard InChI is InChI=1S/C12H20N2O2S/c1-5-9(10-13-7-8-17-10)14-11(15)12(3,4)16-6-2/h7-9H,5-6H2,1-4H3,(H,14,15)/t9-/m0/s1. The van der Waals surface area contributed by atoms with E-state index in [2.05, 4.69) is 10.3 Å². The van der Waals surface area contributed by atoms with Crippen LogP contribution in [0.5, 0.6) is 0 Å². The van der Waals surface area contributed by atoms with E-state index in [0.29, 0.717) is 6.61 Å². The van der Waals surface area contributed by atoms with Crippen LogP contribution in [0.3, 0.4) is 0 Å². The maximum absolute atomic E-state index is 12.1. The Hall–Kier alpha value is -0.940. The molecule has 0 aliphatic carbocycles. The van der Waals surface area contributed by atoms with Gasteiger partial charge in [0.2, 0.25) is 0 Å². The number of hydrogen-bond acceptors (Lipinski definition) is 4. The molecule has 1 N–H and O–H groups in total. The fourth-order valence-electron chi connectivity index (χ4n) is 1.50. The quantitative estimate of drug-likeness (QED) is 0.851. The molecule has 0 bridgehead atoms. The summed E-state index contributed by atoms with van der Waals surface area (Å²) in [7, 11) is 0. The Bertz CT molecular complexity index is 349. The molecule has 1 aromatic rings. The maximum Gasteiger partial charge on any atom is 0.252 e. The van der Waals surface area contributed by atoms with Crippen molar-refractivity contribution in [3.63, 3.8) is 0 Å². The Morgan fingerprint density at radius 3 is 2.76 bits per heavy atom. The van der Waals surface area contributed by atoms with E-state index < -0.39 is 5.60 Å². The molecule has 0 unspecified atom stereocenters. The molecule has 1 heterocycles. The predicted molar refractivity (Wildman–Crippen MR) is 69.0 cm³/mol. The monoisotopic (exact) mass is 256 g/mol. The van der Waals surface area contributed by atoms with Crippen molar-refractivity contribution >= 4 is 17.2 Å². The fourth-order valence-corrected chi connectivity index (χ4v) is 2.28. The number of nitrogens with one attached hydrogen (secondary N) is 1. The molecule has 1 atom stereocenters. The van der Waals surface area contributed by atoms with Gasteiger partial charge in [0.1, 0.15) is 10.6 Å². The smallest absolute Gasteiger partial charge is 0.252 e. The lowest BCUT2D eigenvalue weighted by molar-refractivity contribution is -0.143. The molecule has 1 amide bonds. The van der Waals surface area contributed by atoms with Crippen LogP contribution in [0, 0.1) is 0 Å². The summed E-state index contributed by atoms with van der Waals surface area (Å²) in [5.74, 6) is -0.0959. The number of amides is 1. The highest BCUT2D eigenvalue weighted by Crippen LogP contribution is 2.20. The summed E-state index contributed by atoms with van der Waals surface area (Å²) in [5.41, 5.74) is -0.792. The van der Waals surface area contributed by atoms with Gasteiger partial charge in [0.05, 0.1) is 6.04 Å². The Kier molecular flexibility index (Phi) is 5.08. The number of ether oxygens (including phenoxy) is 1. The highest BCUT2D eigenvalue weighted by molar-refractivity contribution is 7.09. The van der Waals surface area contributed by atoms with E-state index in [-0.39, 0.29) is 11.9 Å². The minimum absolute atomic E-state index is 0.0257. The Labute approximate surface area is 106 Å². The number of carbonyl (C=O) groups excluding carboxylic acids is 1. The predicted octanol–water partition coefficient (Wildman–Crippen LogP) is 2.53. The Balaban J connectivity index is 2.66. The van der Waals surface area contributed by atoms with Crippen LogP contribution in [0.15, 0.2) is 11.6 Å². The number of aromatic nitrogens is 1. The van der Waals surface area contributed by atoms with Gasteiger partial charge in [-0.2, -0.15) is 0 Å². The third-order valence-electron chi connectivity index (χ3n) is 2.52. The molecule has 0 aliphatic rings. The third-order valence-corrected chi connectivity index (χ3v) is 3.40. The largest absolute Gasteiger partial charge is 0.366 e. The summed E-state index contributed by atoms with van der Waals surface area (Å²) < 4.78 is 5.42. The van der Waals surface area contributed by atoms with E-state index in [1.54, 1.807) is 31.4 Å². The number of thiazole rings is 1. The Morgan fingerprint density at radius 2 is 2.29 bits per heavy atom. The zero-order valence-electron chi connectivity index (χ0n) is 10.8. The maximum atomic E-state index is 12.1. The lowest BCUT2D eigenvalue weighted by Crippen LogP contribution is -2.45. The van der Waals surface area contributed by atoms with Crippen molar-refractivity contribution in [3.8, 4) is 0 Å². The van der Waals surface area contributed by atoms with Crippen LogP contribution in [0.2, 0.25) is 0 Å². The molecule has 4 nitrogen and oxygen atoms in total. The molecule has 1 aromatic heterocycles. The van der Waals surface area contributed by atoms with Gasteiger partial charge < -0.3 is 10.1 Å². The SMILES string of the molecule is CCOC(C)(C)C(=O)N[C@@H](CC)c1nccs1. The van der Waals surface area contributed by atoms with E-state index >= 15 is 0 Å². The van der Waals surface area contributed by atoms with Gasteiger partial charge >= 0.3 is 0 Å². The number of nitrogens with zero attached hydrogens (tertiary/aromatic N) is 1. The number of hydrogen-bond donors (Lipinski definition) is 1. The normalized spacial score (nSPS) is 13.4. The fraction of sp³-hybridized carbons (Fsp3) is 0.667. The molecule has 0 saturated carbocycles. The lowest BCUT2D eigenvalue weighted by atomic mass is 10.1. The van der Waals surface area contributed by atoms with Gasteiger partial charge in [-0.05, 0) is 27.2 Å². The molecule has 0 saturated heterocycles.